The molecule has 7 nitrogen and oxygen atoms in total. The number of nitrogen functional groups attached to an aromatic ring is 2. The van der Waals surface area contributed by atoms with Gasteiger partial charge in [0.1, 0.15) is 5.82 Å². The molecule has 5 N–H and O–H groups in total. The second-order valence-corrected chi connectivity index (χ2v) is 6.42. The van der Waals surface area contributed by atoms with Crippen LogP contribution in [0.3, 0.4) is 0 Å². The van der Waals surface area contributed by atoms with E-state index >= 15 is 0 Å². The molecule has 0 spiro atoms. The summed E-state index contributed by atoms with van der Waals surface area (Å²) in [5, 5.41) is 3.59. The number of anilines is 3. The number of benzene rings is 1. The van der Waals surface area contributed by atoms with Gasteiger partial charge in [0.25, 0.3) is 0 Å². The number of nitrogens with zero attached hydrogens (tertiary/aromatic N) is 2. The molecule has 0 atom stereocenters. The van der Waals surface area contributed by atoms with E-state index in [0.717, 1.165) is 0 Å². The Morgan fingerprint density at radius 1 is 1.19 bits per heavy atom. The fourth-order valence-electron chi connectivity index (χ4n) is 2.72. The van der Waals surface area contributed by atoms with E-state index < -0.39 is 11.9 Å². The number of fused-ring (bicyclic) bond motifs is 1. The Morgan fingerprint density at radius 2 is 1.93 bits per heavy atom. The van der Waals surface area contributed by atoms with E-state index in [1.165, 1.54) is 18.6 Å². The van der Waals surface area contributed by atoms with E-state index in [4.69, 9.17) is 16.2 Å². The Bertz CT molecular complexity index is 1040. The third kappa shape index (κ3) is 3.59. The van der Waals surface area contributed by atoms with E-state index in [1.807, 2.05) is 0 Å². The molecule has 0 aliphatic heterocycles. The van der Waals surface area contributed by atoms with Gasteiger partial charge in [-0.25, -0.2) is 14.2 Å². The molecule has 140 valence electrons. The zero-order chi connectivity index (χ0) is 19.7. The first-order valence-corrected chi connectivity index (χ1v) is 8.33. The molecular weight excluding hydrogens is 349 g/mol. The minimum absolute atomic E-state index is 0.0341. The molecule has 2 heterocycles. The topological polar surface area (TPSA) is 116 Å². The van der Waals surface area contributed by atoms with Gasteiger partial charge in [-0.2, -0.15) is 0 Å². The van der Waals surface area contributed by atoms with Crippen LogP contribution < -0.4 is 16.8 Å². The molecule has 3 aromatic rings. The highest BCUT2D eigenvalue weighted by atomic mass is 19.1. The summed E-state index contributed by atoms with van der Waals surface area (Å²) in [7, 11) is 0. The fraction of sp³-hybridized carbons (Fsp3) is 0.211. The number of hydrogen-bond acceptors (Lipinski definition) is 6. The fourth-order valence-corrected chi connectivity index (χ4v) is 2.72. The Labute approximate surface area is 155 Å². The van der Waals surface area contributed by atoms with Crippen molar-refractivity contribution >= 4 is 34.1 Å². The van der Waals surface area contributed by atoms with Crippen LogP contribution in [-0.4, -0.2) is 22.2 Å². The van der Waals surface area contributed by atoms with Crippen molar-refractivity contribution in [2.45, 2.75) is 26.9 Å². The normalized spacial score (nSPS) is 11.0. The summed E-state index contributed by atoms with van der Waals surface area (Å²) in [5.41, 5.74) is 13.8. The molecule has 0 fully saturated rings. The van der Waals surface area contributed by atoms with Crippen molar-refractivity contribution < 1.29 is 13.9 Å². The number of hydrogen-bond donors (Lipinski definition) is 3. The standard InChI is InChI=1S/C19H20FN5O2/c1-9(2)27-19(26)25-16-5-11-4-12(13-6-23-8-15(21)10(13)3)17(20)18(22)14(11)7-24-16/h4-9H,21-22H2,1-3H3,(H,24,25,26). The number of pyridine rings is 2. The third-order valence-electron chi connectivity index (χ3n) is 4.12. The number of halogens is 1. The highest BCUT2D eigenvalue weighted by Gasteiger charge is 2.17. The minimum Gasteiger partial charge on any atom is -0.447 e. The van der Waals surface area contributed by atoms with E-state index in [-0.39, 0.29) is 23.2 Å². The van der Waals surface area contributed by atoms with Crippen molar-refractivity contribution in [3.63, 3.8) is 0 Å². The van der Waals surface area contributed by atoms with Crippen molar-refractivity contribution in [3.8, 4) is 11.1 Å². The average molecular weight is 369 g/mol. The van der Waals surface area contributed by atoms with Crippen LogP contribution in [0.15, 0.2) is 30.7 Å². The molecule has 2 aromatic heterocycles. The Hall–Kier alpha value is -3.42. The molecule has 3 rings (SSSR count). The maximum absolute atomic E-state index is 14.9. The van der Waals surface area contributed by atoms with Gasteiger partial charge in [-0.05, 0) is 43.9 Å². The van der Waals surface area contributed by atoms with Gasteiger partial charge in [-0.1, -0.05) is 0 Å². The largest absolute Gasteiger partial charge is 0.447 e. The lowest BCUT2D eigenvalue weighted by molar-refractivity contribution is 0.130. The summed E-state index contributed by atoms with van der Waals surface area (Å²) in [5.74, 6) is -0.299. The van der Waals surface area contributed by atoms with Crippen molar-refractivity contribution in [2.24, 2.45) is 0 Å². The molecule has 27 heavy (non-hydrogen) atoms. The maximum Gasteiger partial charge on any atom is 0.413 e. The number of aromatic nitrogens is 2. The highest BCUT2D eigenvalue weighted by molar-refractivity contribution is 5.99. The van der Waals surface area contributed by atoms with Crippen LogP contribution in [0.5, 0.6) is 0 Å². The molecular formula is C19H20FN5O2. The molecule has 0 saturated heterocycles. The lowest BCUT2D eigenvalue weighted by Crippen LogP contribution is -2.18. The number of amides is 1. The molecule has 0 unspecified atom stereocenters. The molecule has 0 saturated carbocycles. The number of ether oxygens (including phenoxy) is 1. The summed E-state index contributed by atoms with van der Waals surface area (Å²) in [6.45, 7) is 5.27. The lowest BCUT2D eigenvalue weighted by atomic mass is 9.97. The molecule has 0 aliphatic rings. The van der Waals surface area contributed by atoms with Crippen LogP contribution in [0.1, 0.15) is 19.4 Å². The Kier molecular flexibility index (Phi) is 4.81. The Balaban J connectivity index is 2.10. The van der Waals surface area contributed by atoms with Gasteiger partial charge in [0.05, 0.1) is 23.7 Å². The van der Waals surface area contributed by atoms with E-state index in [9.17, 15) is 9.18 Å². The number of carbonyl (C=O) groups is 1. The van der Waals surface area contributed by atoms with Crippen LogP contribution in [-0.2, 0) is 4.74 Å². The van der Waals surface area contributed by atoms with Gasteiger partial charge >= 0.3 is 6.09 Å². The lowest BCUT2D eigenvalue weighted by Gasteiger charge is -2.14. The zero-order valence-electron chi connectivity index (χ0n) is 15.2. The molecule has 1 aromatic carbocycles. The second kappa shape index (κ2) is 7.06. The molecule has 8 heteroatoms. The van der Waals surface area contributed by atoms with Crippen LogP contribution in [0.4, 0.5) is 26.4 Å². The quantitative estimate of drug-likeness (QED) is 0.604. The summed E-state index contributed by atoms with van der Waals surface area (Å²) < 4.78 is 19.9. The van der Waals surface area contributed by atoms with E-state index in [2.05, 4.69) is 15.3 Å². The van der Waals surface area contributed by atoms with Crippen LogP contribution in [0.2, 0.25) is 0 Å². The smallest absolute Gasteiger partial charge is 0.413 e. The van der Waals surface area contributed by atoms with Crippen molar-refractivity contribution in [3.05, 3.63) is 42.1 Å². The maximum atomic E-state index is 14.9. The number of nitrogens with two attached hydrogens (primary N) is 2. The van der Waals surface area contributed by atoms with E-state index in [1.54, 1.807) is 32.9 Å². The van der Waals surface area contributed by atoms with Gasteiger partial charge in [-0.15, -0.1) is 0 Å². The third-order valence-corrected chi connectivity index (χ3v) is 4.12. The Morgan fingerprint density at radius 3 is 2.63 bits per heavy atom. The van der Waals surface area contributed by atoms with Crippen LogP contribution in [0.25, 0.3) is 21.9 Å². The second-order valence-electron chi connectivity index (χ2n) is 6.42. The molecule has 1 amide bonds. The number of carbonyl (C=O) groups excluding carboxylic acids is 1. The van der Waals surface area contributed by atoms with Crippen molar-refractivity contribution in [2.75, 3.05) is 16.8 Å². The van der Waals surface area contributed by atoms with Crippen molar-refractivity contribution in [1.29, 1.82) is 0 Å². The van der Waals surface area contributed by atoms with Gasteiger partial charge in [0.15, 0.2) is 5.82 Å². The van der Waals surface area contributed by atoms with Gasteiger partial charge in [-0.3, -0.25) is 10.3 Å². The molecule has 0 radical (unpaired) electrons. The van der Waals surface area contributed by atoms with Crippen LogP contribution in [0, 0.1) is 12.7 Å². The van der Waals surface area contributed by atoms with Crippen molar-refractivity contribution in [1.82, 2.24) is 9.97 Å². The van der Waals surface area contributed by atoms with E-state index in [0.29, 0.717) is 27.6 Å². The summed E-state index contributed by atoms with van der Waals surface area (Å²) in [4.78, 5) is 19.9. The van der Waals surface area contributed by atoms with Gasteiger partial charge in [0.2, 0.25) is 0 Å². The molecule has 0 bridgehead atoms. The first-order chi connectivity index (χ1) is 12.8. The highest BCUT2D eigenvalue weighted by Crippen LogP contribution is 2.35. The minimum atomic E-state index is -0.622. The summed E-state index contributed by atoms with van der Waals surface area (Å²) in [6, 6.07) is 3.23. The number of nitrogens with one attached hydrogen (secondary N) is 1. The monoisotopic (exact) mass is 369 g/mol. The predicted molar refractivity (Wildman–Crippen MR) is 104 cm³/mol. The average Bonchev–Trinajstić information content (AvgIpc) is 2.60. The summed E-state index contributed by atoms with van der Waals surface area (Å²) in [6.07, 6.45) is 3.57. The summed E-state index contributed by atoms with van der Waals surface area (Å²) >= 11 is 0. The number of rotatable bonds is 3. The predicted octanol–water partition coefficient (Wildman–Crippen LogP) is 3.87. The zero-order valence-corrected chi connectivity index (χ0v) is 15.2. The SMILES string of the molecule is Cc1c(N)cncc1-c1cc2cc(NC(=O)OC(C)C)ncc2c(N)c1F. The first kappa shape index (κ1) is 18.4. The van der Waals surface area contributed by atoms with Gasteiger partial charge < -0.3 is 16.2 Å². The first-order valence-electron chi connectivity index (χ1n) is 8.33. The van der Waals surface area contributed by atoms with Crippen LogP contribution >= 0.6 is 0 Å². The van der Waals surface area contributed by atoms with Gasteiger partial charge in [0, 0.05) is 28.9 Å². The molecule has 0 aliphatic carbocycles.